The van der Waals surface area contributed by atoms with Crippen LogP contribution in [0.2, 0.25) is 0 Å². The Hall–Kier alpha value is -1.75. The standard InChI is InChI=1S/C15H12BrF2NO/c1-8-4-3-5-14(9(8)2)19-15(20)10-6-12(17)13(18)7-11(10)16/h3-7H,1-2H3,(H,19,20). The Morgan fingerprint density at radius 3 is 2.50 bits per heavy atom. The van der Waals surface area contributed by atoms with Crippen LogP contribution in [0.5, 0.6) is 0 Å². The predicted octanol–water partition coefficient (Wildman–Crippen LogP) is 4.60. The van der Waals surface area contributed by atoms with Crippen LogP contribution in [0, 0.1) is 25.5 Å². The summed E-state index contributed by atoms with van der Waals surface area (Å²) < 4.78 is 26.5. The maximum absolute atomic E-state index is 13.2. The molecule has 0 bridgehead atoms. The minimum atomic E-state index is -1.06. The lowest BCUT2D eigenvalue weighted by atomic mass is 10.1. The zero-order chi connectivity index (χ0) is 14.9. The number of hydrogen-bond donors (Lipinski definition) is 1. The molecule has 0 saturated heterocycles. The summed E-state index contributed by atoms with van der Waals surface area (Å²) in [5, 5.41) is 2.70. The number of anilines is 1. The highest BCUT2D eigenvalue weighted by Crippen LogP contribution is 2.23. The quantitative estimate of drug-likeness (QED) is 0.796. The number of benzene rings is 2. The summed E-state index contributed by atoms with van der Waals surface area (Å²) >= 11 is 3.06. The first-order valence-corrected chi connectivity index (χ1v) is 6.71. The normalized spacial score (nSPS) is 10.4. The molecule has 0 aromatic heterocycles. The third kappa shape index (κ3) is 2.88. The van der Waals surface area contributed by atoms with Gasteiger partial charge in [0.05, 0.1) is 5.56 Å². The van der Waals surface area contributed by atoms with Crippen LogP contribution in [-0.4, -0.2) is 5.91 Å². The van der Waals surface area contributed by atoms with Crippen molar-refractivity contribution >= 4 is 27.5 Å². The van der Waals surface area contributed by atoms with Crippen LogP contribution < -0.4 is 5.32 Å². The molecule has 20 heavy (non-hydrogen) atoms. The molecule has 0 aliphatic heterocycles. The Labute approximate surface area is 123 Å². The SMILES string of the molecule is Cc1cccc(NC(=O)c2cc(F)c(F)cc2Br)c1C. The van der Waals surface area contributed by atoms with E-state index in [0.717, 1.165) is 23.3 Å². The van der Waals surface area contributed by atoms with Crippen molar-refractivity contribution < 1.29 is 13.6 Å². The van der Waals surface area contributed by atoms with Gasteiger partial charge < -0.3 is 5.32 Å². The van der Waals surface area contributed by atoms with Crippen LogP contribution >= 0.6 is 15.9 Å². The molecule has 2 nitrogen and oxygen atoms in total. The van der Waals surface area contributed by atoms with Gasteiger partial charge in [0.2, 0.25) is 0 Å². The fraction of sp³-hybridized carbons (Fsp3) is 0.133. The average molecular weight is 340 g/mol. The zero-order valence-corrected chi connectivity index (χ0v) is 12.5. The number of amides is 1. The average Bonchev–Trinajstić information content (AvgIpc) is 2.39. The highest BCUT2D eigenvalue weighted by Gasteiger charge is 2.15. The molecule has 0 radical (unpaired) electrons. The van der Waals surface area contributed by atoms with Crippen molar-refractivity contribution in [2.24, 2.45) is 0 Å². The number of rotatable bonds is 2. The third-order valence-electron chi connectivity index (χ3n) is 3.11. The molecule has 0 saturated carbocycles. The molecule has 0 spiro atoms. The van der Waals surface area contributed by atoms with Gasteiger partial charge in [-0.2, -0.15) is 0 Å². The van der Waals surface area contributed by atoms with Gasteiger partial charge in [-0.3, -0.25) is 4.79 Å². The van der Waals surface area contributed by atoms with Crippen molar-refractivity contribution in [2.75, 3.05) is 5.32 Å². The third-order valence-corrected chi connectivity index (χ3v) is 3.76. The predicted molar refractivity (Wildman–Crippen MR) is 77.9 cm³/mol. The molecular formula is C15H12BrF2NO. The molecule has 0 aliphatic rings. The molecule has 0 fully saturated rings. The first-order valence-electron chi connectivity index (χ1n) is 5.92. The molecule has 0 heterocycles. The number of carbonyl (C=O) groups is 1. The Morgan fingerprint density at radius 2 is 1.80 bits per heavy atom. The van der Waals surface area contributed by atoms with Crippen molar-refractivity contribution in [1.82, 2.24) is 0 Å². The summed E-state index contributed by atoms with van der Waals surface area (Å²) in [6.07, 6.45) is 0. The Balaban J connectivity index is 2.33. The number of hydrogen-bond acceptors (Lipinski definition) is 1. The second-order valence-corrected chi connectivity index (χ2v) is 5.30. The monoisotopic (exact) mass is 339 g/mol. The van der Waals surface area contributed by atoms with Crippen LogP contribution in [0.4, 0.5) is 14.5 Å². The van der Waals surface area contributed by atoms with Crippen LogP contribution in [0.25, 0.3) is 0 Å². The highest BCUT2D eigenvalue weighted by molar-refractivity contribution is 9.10. The molecule has 0 unspecified atom stereocenters. The molecule has 5 heteroatoms. The first-order chi connectivity index (χ1) is 9.40. The van der Waals surface area contributed by atoms with E-state index in [-0.39, 0.29) is 10.0 Å². The summed E-state index contributed by atoms with van der Waals surface area (Å²) in [7, 11) is 0. The number of nitrogens with one attached hydrogen (secondary N) is 1. The van der Waals surface area contributed by atoms with E-state index in [1.54, 1.807) is 6.07 Å². The molecule has 2 rings (SSSR count). The lowest BCUT2D eigenvalue weighted by Crippen LogP contribution is -2.14. The minimum absolute atomic E-state index is 0.0461. The molecule has 1 N–H and O–H groups in total. The smallest absolute Gasteiger partial charge is 0.256 e. The highest BCUT2D eigenvalue weighted by atomic mass is 79.9. The van der Waals surface area contributed by atoms with Crippen molar-refractivity contribution in [3.05, 3.63) is 63.1 Å². The number of halogens is 3. The number of carbonyl (C=O) groups excluding carboxylic acids is 1. The summed E-state index contributed by atoms with van der Waals surface area (Å²) in [6.45, 7) is 3.81. The van der Waals surface area contributed by atoms with Gasteiger partial charge in [-0.1, -0.05) is 12.1 Å². The largest absolute Gasteiger partial charge is 0.322 e. The van der Waals surface area contributed by atoms with Crippen LogP contribution in [-0.2, 0) is 0 Å². The lowest BCUT2D eigenvalue weighted by molar-refractivity contribution is 0.102. The van der Waals surface area contributed by atoms with E-state index in [4.69, 9.17) is 0 Å². The summed E-state index contributed by atoms with van der Waals surface area (Å²) in [5.74, 6) is -2.55. The topological polar surface area (TPSA) is 29.1 Å². The van der Waals surface area contributed by atoms with E-state index in [1.807, 2.05) is 26.0 Å². The van der Waals surface area contributed by atoms with Crippen molar-refractivity contribution in [3.8, 4) is 0 Å². The molecule has 0 aliphatic carbocycles. The van der Waals surface area contributed by atoms with E-state index in [0.29, 0.717) is 5.69 Å². The van der Waals surface area contributed by atoms with Gasteiger partial charge in [-0.15, -0.1) is 0 Å². The molecule has 1 amide bonds. The van der Waals surface area contributed by atoms with Crippen molar-refractivity contribution in [1.29, 1.82) is 0 Å². The first kappa shape index (κ1) is 14.7. The lowest BCUT2D eigenvalue weighted by Gasteiger charge is -2.11. The molecule has 0 atom stereocenters. The summed E-state index contributed by atoms with van der Waals surface area (Å²) in [4.78, 5) is 12.1. The van der Waals surface area contributed by atoms with Gasteiger partial charge in [0.15, 0.2) is 11.6 Å². The van der Waals surface area contributed by atoms with E-state index in [9.17, 15) is 13.6 Å². The van der Waals surface area contributed by atoms with E-state index in [1.165, 1.54) is 0 Å². The fourth-order valence-corrected chi connectivity index (χ4v) is 2.27. The van der Waals surface area contributed by atoms with Crippen LogP contribution in [0.3, 0.4) is 0 Å². The second kappa shape index (κ2) is 5.71. The van der Waals surface area contributed by atoms with Gasteiger partial charge in [-0.25, -0.2) is 8.78 Å². The van der Waals surface area contributed by atoms with Crippen molar-refractivity contribution in [3.63, 3.8) is 0 Å². The van der Waals surface area contributed by atoms with Gasteiger partial charge >= 0.3 is 0 Å². The van der Waals surface area contributed by atoms with Crippen LogP contribution in [0.15, 0.2) is 34.8 Å². The Morgan fingerprint density at radius 1 is 1.15 bits per heavy atom. The van der Waals surface area contributed by atoms with Gasteiger partial charge in [0.25, 0.3) is 5.91 Å². The van der Waals surface area contributed by atoms with E-state index < -0.39 is 17.5 Å². The minimum Gasteiger partial charge on any atom is -0.322 e. The maximum atomic E-state index is 13.2. The Bertz CT molecular complexity index is 686. The number of aryl methyl sites for hydroxylation is 1. The molecule has 104 valence electrons. The maximum Gasteiger partial charge on any atom is 0.256 e. The van der Waals surface area contributed by atoms with E-state index >= 15 is 0 Å². The van der Waals surface area contributed by atoms with Gasteiger partial charge in [0, 0.05) is 10.2 Å². The zero-order valence-electron chi connectivity index (χ0n) is 10.9. The molecule has 2 aromatic carbocycles. The van der Waals surface area contributed by atoms with Gasteiger partial charge in [0.1, 0.15) is 0 Å². The van der Waals surface area contributed by atoms with Gasteiger partial charge in [-0.05, 0) is 59.1 Å². The Kier molecular flexibility index (Phi) is 4.18. The molecular weight excluding hydrogens is 328 g/mol. The summed E-state index contributed by atoms with van der Waals surface area (Å²) in [6, 6.07) is 7.32. The van der Waals surface area contributed by atoms with E-state index in [2.05, 4.69) is 21.2 Å². The van der Waals surface area contributed by atoms with Crippen LogP contribution in [0.1, 0.15) is 21.5 Å². The fourth-order valence-electron chi connectivity index (χ4n) is 1.77. The molecule has 2 aromatic rings. The summed E-state index contributed by atoms with van der Waals surface area (Å²) in [5.41, 5.74) is 2.66. The van der Waals surface area contributed by atoms with Crippen molar-refractivity contribution in [2.45, 2.75) is 13.8 Å². The second-order valence-electron chi connectivity index (χ2n) is 4.45.